The van der Waals surface area contributed by atoms with Crippen LogP contribution in [0.1, 0.15) is 43.7 Å². The number of fused-ring (bicyclic) bond motifs is 1. The third-order valence-corrected chi connectivity index (χ3v) is 6.38. The highest BCUT2D eigenvalue weighted by atomic mass is 32.1. The van der Waals surface area contributed by atoms with Crippen LogP contribution in [-0.2, 0) is 6.54 Å². The summed E-state index contributed by atoms with van der Waals surface area (Å²) in [5, 5.41) is 0.559. The van der Waals surface area contributed by atoms with Crippen LogP contribution in [0.4, 0.5) is 5.13 Å². The molecule has 0 atom stereocenters. The molecule has 0 spiro atoms. The van der Waals surface area contributed by atoms with Crippen molar-refractivity contribution < 1.29 is 23.7 Å². The maximum Gasteiger partial charge on any atom is 0.260 e. The van der Waals surface area contributed by atoms with E-state index in [1.807, 2.05) is 64.1 Å². The SMILES string of the molecule is CCOc1ccc2nc(N(Cc3ccccn3)C(=O)c3cc(OCC)c(OCC)c(OCC)c3)sc2c1. The van der Waals surface area contributed by atoms with Gasteiger partial charge in [-0.1, -0.05) is 17.4 Å². The van der Waals surface area contributed by atoms with Crippen LogP contribution >= 0.6 is 11.3 Å². The van der Waals surface area contributed by atoms with Gasteiger partial charge < -0.3 is 18.9 Å². The van der Waals surface area contributed by atoms with E-state index >= 15 is 0 Å². The van der Waals surface area contributed by atoms with E-state index in [0.29, 0.717) is 54.4 Å². The van der Waals surface area contributed by atoms with Gasteiger partial charge in [0.1, 0.15) is 5.75 Å². The summed E-state index contributed by atoms with van der Waals surface area (Å²) >= 11 is 1.43. The summed E-state index contributed by atoms with van der Waals surface area (Å²) in [6, 6.07) is 14.8. The molecule has 0 unspecified atom stereocenters. The maximum absolute atomic E-state index is 14.1. The average molecular weight is 522 g/mol. The lowest BCUT2D eigenvalue weighted by Gasteiger charge is -2.22. The zero-order valence-electron chi connectivity index (χ0n) is 21.5. The average Bonchev–Trinajstić information content (AvgIpc) is 3.33. The number of ether oxygens (including phenoxy) is 4. The molecule has 2 aromatic heterocycles. The normalized spacial score (nSPS) is 10.8. The van der Waals surface area contributed by atoms with Gasteiger partial charge in [-0.25, -0.2) is 4.98 Å². The number of thiazole rings is 1. The molecular formula is C28H31N3O5S. The summed E-state index contributed by atoms with van der Waals surface area (Å²) in [7, 11) is 0. The van der Waals surface area contributed by atoms with Gasteiger partial charge in [0, 0.05) is 11.8 Å². The molecule has 0 saturated carbocycles. The fourth-order valence-corrected chi connectivity index (χ4v) is 4.80. The Bertz CT molecular complexity index is 1320. The number of amides is 1. The first-order chi connectivity index (χ1) is 18.1. The second kappa shape index (κ2) is 12.4. The Kier molecular flexibility index (Phi) is 8.79. The number of hydrogen-bond donors (Lipinski definition) is 0. The lowest BCUT2D eigenvalue weighted by Crippen LogP contribution is -2.30. The molecule has 0 bridgehead atoms. The van der Waals surface area contributed by atoms with Crippen molar-refractivity contribution in [2.45, 2.75) is 34.2 Å². The molecule has 0 saturated heterocycles. The maximum atomic E-state index is 14.1. The lowest BCUT2D eigenvalue weighted by molar-refractivity contribution is 0.0983. The van der Waals surface area contributed by atoms with Gasteiger partial charge in [0.25, 0.3) is 5.91 Å². The Morgan fingerprint density at radius 2 is 1.57 bits per heavy atom. The minimum Gasteiger partial charge on any atom is -0.494 e. The Balaban J connectivity index is 1.80. The second-order valence-electron chi connectivity index (χ2n) is 7.87. The summed E-state index contributed by atoms with van der Waals surface area (Å²) in [6.45, 7) is 9.70. The third-order valence-electron chi connectivity index (χ3n) is 5.34. The van der Waals surface area contributed by atoms with Gasteiger partial charge in [-0.2, -0.15) is 0 Å². The number of carbonyl (C=O) groups is 1. The Hall–Kier alpha value is -3.85. The van der Waals surface area contributed by atoms with Gasteiger partial charge >= 0.3 is 0 Å². The monoisotopic (exact) mass is 521 g/mol. The first-order valence-electron chi connectivity index (χ1n) is 12.4. The highest BCUT2D eigenvalue weighted by Crippen LogP contribution is 2.40. The number of carbonyl (C=O) groups excluding carboxylic acids is 1. The second-order valence-corrected chi connectivity index (χ2v) is 8.88. The molecule has 4 rings (SSSR count). The number of pyridine rings is 1. The molecule has 0 fully saturated rings. The van der Waals surface area contributed by atoms with Gasteiger partial charge in [-0.3, -0.25) is 14.7 Å². The standard InChI is InChI=1S/C28H31N3O5S/c1-5-33-21-12-13-22-25(17-21)37-28(30-22)31(18-20-11-9-10-14-29-20)27(32)19-15-23(34-6-2)26(36-8-4)24(16-19)35-7-3/h9-17H,5-8,18H2,1-4H3. The summed E-state index contributed by atoms with van der Waals surface area (Å²) in [5.41, 5.74) is 1.94. The topological polar surface area (TPSA) is 83.0 Å². The first-order valence-corrected chi connectivity index (χ1v) is 13.2. The summed E-state index contributed by atoms with van der Waals surface area (Å²) in [4.78, 5) is 24.9. The van der Waals surface area contributed by atoms with Crippen molar-refractivity contribution in [2.75, 3.05) is 31.3 Å². The minimum atomic E-state index is -0.250. The van der Waals surface area contributed by atoms with Crippen LogP contribution < -0.4 is 23.8 Å². The molecule has 2 aromatic carbocycles. The molecule has 0 N–H and O–H groups in total. The summed E-state index contributed by atoms with van der Waals surface area (Å²) < 4.78 is 24.1. The van der Waals surface area contributed by atoms with Gasteiger partial charge in [0.05, 0.1) is 48.9 Å². The van der Waals surface area contributed by atoms with Crippen LogP contribution in [0.2, 0.25) is 0 Å². The molecule has 37 heavy (non-hydrogen) atoms. The number of benzene rings is 2. The van der Waals surface area contributed by atoms with E-state index < -0.39 is 0 Å². The van der Waals surface area contributed by atoms with Crippen LogP contribution in [0, 0.1) is 0 Å². The molecule has 1 amide bonds. The molecule has 9 heteroatoms. The molecule has 0 aliphatic rings. The Morgan fingerprint density at radius 3 is 2.19 bits per heavy atom. The first kappa shape index (κ1) is 26.2. The van der Waals surface area contributed by atoms with Crippen molar-refractivity contribution in [1.82, 2.24) is 9.97 Å². The van der Waals surface area contributed by atoms with E-state index in [-0.39, 0.29) is 12.5 Å². The molecular weight excluding hydrogens is 490 g/mol. The van der Waals surface area contributed by atoms with E-state index in [1.165, 1.54) is 11.3 Å². The van der Waals surface area contributed by atoms with Crippen LogP contribution in [0.5, 0.6) is 23.0 Å². The zero-order chi connectivity index (χ0) is 26.2. The van der Waals surface area contributed by atoms with Crippen LogP contribution in [0.15, 0.2) is 54.7 Å². The van der Waals surface area contributed by atoms with Crippen LogP contribution in [0.25, 0.3) is 10.2 Å². The predicted octanol–water partition coefficient (Wildman–Crippen LogP) is 6.13. The van der Waals surface area contributed by atoms with Crippen LogP contribution in [0.3, 0.4) is 0 Å². The molecule has 0 radical (unpaired) electrons. The molecule has 0 aliphatic heterocycles. The van der Waals surface area contributed by atoms with Gasteiger partial charge in [0.2, 0.25) is 5.75 Å². The van der Waals surface area contributed by atoms with E-state index in [9.17, 15) is 4.79 Å². The van der Waals surface area contributed by atoms with Gasteiger partial charge in [-0.15, -0.1) is 0 Å². The summed E-state index contributed by atoms with van der Waals surface area (Å²) in [6.07, 6.45) is 1.71. The number of hydrogen-bond acceptors (Lipinski definition) is 8. The van der Waals surface area contributed by atoms with E-state index in [2.05, 4.69) is 4.98 Å². The third kappa shape index (κ3) is 6.11. The van der Waals surface area contributed by atoms with Gasteiger partial charge in [0.15, 0.2) is 16.6 Å². The minimum absolute atomic E-state index is 0.249. The zero-order valence-corrected chi connectivity index (χ0v) is 22.3. The molecule has 8 nitrogen and oxygen atoms in total. The van der Waals surface area contributed by atoms with Crippen LogP contribution in [-0.4, -0.2) is 42.3 Å². The van der Waals surface area contributed by atoms with E-state index in [0.717, 1.165) is 21.7 Å². The van der Waals surface area contributed by atoms with Gasteiger partial charge in [-0.05, 0) is 70.2 Å². The number of aromatic nitrogens is 2. The van der Waals surface area contributed by atoms with E-state index in [1.54, 1.807) is 23.2 Å². The van der Waals surface area contributed by atoms with E-state index in [4.69, 9.17) is 23.9 Å². The number of rotatable bonds is 12. The molecule has 0 aliphatic carbocycles. The fourth-order valence-electron chi connectivity index (χ4n) is 3.81. The lowest BCUT2D eigenvalue weighted by atomic mass is 10.1. The van der Waals surface area contributed by atoms with Crippen molar-refractivity contribution >= 4 is 32.6 Å². The van der Waals surface area contributed by atoms with Crippen molar-refractivity contribution in [3.05, 3.63) is 66.0 Å². The molecule has 2 heterocycles. The summed E-state index contributed by atoms with van der Waals surface area (Å²) in [5.74, 6) is 1.92. The Morgan fingerprint density at radius 1 is 0.865 bits per heavy atom. The van der Waals surface area contributed by atoms with Crippen molar-refractivity contribution in [3.8, 4) is 23.0 Å². The largest absolute Gasteiger partial charge is 0.494 e. The number of nitrogens with zero attached hydrogens (tertiary/aromatic N) is 3. The molecule has 4 aromatic rings. The highest BCUT2D eigenvalue weighted by molar-refractivity contribution is 7.22. The number of anilines is 1. The van der Waals surface area contributed by atoms with Crippen molar-refractivity contribution in [3.63, 3.8) is 0 Å². The quantitative estimate of drug-likeness (QED) is 0.222. The Labute approximate surface area is 220 Å². The van der Waals surface area contributed by atoms with Crippen molar-refractivity contribution in [1.29, 1.82) is 0 Å². The molecule has 194 valence electrons. The highest BCUT2D eigenvalue weighted by Gasteiger charge is 2.26. The smallest absolute Gasteiger partial charge is 0.260 e. The van der Waals surface area contributed by atoms with Crippen molar-refractivity contribution in [2.24, 2.45) is 0 Å². The predicted molar refractivity (Wildman–Crippen MR) is 145 cm³/mol. The fraction of sp³-hybridized carbons (Fsp3) is 0.321.